The summed E-state index contributed by atoms with van der Waals surface area (Å²) in [6.45, 7) is 0. The number of hydrogen-bond donors (Lipinski definition) is 0. The normalized spacial score (nSPS) is 10.1. The number of hydrogen-bond acceptors (Lipinski definition) is 2. The molecular weight excluding hydrogens is 289 g/mol. The maximum absolute atomic E-state index is 12.2. The van der Waals surface area contributed by atoms with Crippen LogP contribution in [0.4, 0.5) is 8.78 Å². The van der Waals surface area contributed by atoms with Gasteiger partial charge in [-0.2, -0.15) is 5.26 Å². The van der Waals surface area contributed by atoms with Gasteiger partial charge in [0.1, 0.15) is 5.69 Å². The van der Waals surface area contributed by atoms with Crippen LogP contribution in [0.2, 0.25) is 0 Å². The fraction of sp³-hybridized carbons (Fsp3) is 0.250. The SMILES string of the molecule is N#CCc1nc(C(F)F)ccc1I. The number of nitriles is 1. The lowest BCUT2D eigenvalue weighted by Crippen LogP contribution is -1.98. The summed E-state index contributed by atoms with van der Waals surface area (Å²) in [6, 6.07) is 4.69. The maximum Gasteiger partial charge on any atom is 0.280 e. The molecule has 0 atom stereocenters. The molecule has 1 heterocycles. The third-order valence-electron chi connectivity index (χ3n) is 1.41. The number of aromatic nitrogens is 1. The van der Waals surface area contributed by atoms with Crippen molar-refractivity contribution in [1.29, 1.82) is 5.26 Å². The average molecular weight is 294 g/mol. The summed E-state index contributed by atoms with van der Waals surface area (Å²) in [4.78, 5) is 3.68. The van der Waals surface area contributed by atoms with E-state index in [1.807, 2.05) is 28.7 Å². The highest BCUT2D eigenvalue weighted by molar-refractivity contribution is 14.1. The molecule has 0 fully saturated rings. The summed E-state index contributed by atoms with van der Waals surface area (Å²) in [6.07, 6.45) is -2.51. The van der Waals surface area contributed by atoms with Gasteiger partial charge in [-0.3, -0.25) is 0 Å². The lowest BCUT2D eigenvalue weighted by atomic mass is 10.2. The molecule has 0 aliphatic heterocycles. The fourth-order valence-corrected chi connectivity index (χ4v) is 1.31. The molecule has 0 saturated carbocycles. The van der Waals surface area contributed by atoms with E-state index in [0.717, 1.165) is 3.57 Å². The zero-order valence-electron chi connectivity index (χ0n) is 6.47. The van der Waals surface area contributed by atoms with Crippen LogP contribution in [0.15, 0.2) is 12.1 Å². The van der Waals surface area contributed by atoms with Gasteiger partial charge in [-0.1, -0.05) is 0 Å². The molecule has 0 aliphatic carbocycles. The summed E-state index contributed by atoms with van der Waals surface area (Å²) in [5.74, 6) is 0. The molecule has 68 valence electrons. The minimum Gasteiger partial charge on any atom is -0.250 e. The highest BCUT2D eigenvalue weighted by Gasteiger charge is 2.10. The Morgan fingerprint density at radius 1 is 1.54 bits per heavy atom. The van der Waals surface area contributed by atoms with Crippen molar-refractivity contribution in [3.63, 3.8) is 0 Å². The fourth-order valence-electron chi connectivity index (χ4n) is 0.822. The second kappa shape index (κ2) is 4.46. The molecule has 13 heavy (non-hydrogen) atoms. The number of nitrogens with zero attached hydrogens (tertiary/aromatic N) is 2. The minimum absolute atomic E-state index is 0.0683. The third-order valence-corrected chi connectivity index (χ3v) is 2.39. The molecule has 0 aliphatic rings. The summed E-state index contributed by atoms with van der Waals surface area (Å²) in [5.41, 5.74) is 0.145. The Labute approximate surface area is 87.7 Å². The van der Waals surface area contributed by atoms with Crippen molar-refractivity contribution < 1.29 is 8.78 Å². The van der Waals surface area contributed by atoms with Crippen molar-refractivity contribution in [1.82, 2.24) is 4.98 Å². The van der Waals surface area contributed by atoms with Crippen LogP contribution < -0.4 is 0 Å². The van der Waals surface area contributed by atoms with Gasteiger partial charge in [0.2, 0.25) is 0 Å². The summed E-state index contributed by atoms with van der Waals surface area (Å²) < 4.78 is 25.1. The smallest absolute Gasteiger partial charge is 0.250 e. The quantitative estimate of drug-likeness (QED) is 0.786. The Kier molecular flexibility index (Phi) is 3.54. The van der Waals surface area contributed by atoms with Crippen LogP contribution in [-0.2, 0) is 6.42 Å². The van der Waals surface area contributed by atoms with E-state index in [4.69, 9.17) is 5.26 Å². The van der Waals surface area contributed by atoms with Gasteiger partial charge in [0.05, 0.1) is 18.2 Å². The standard InChI is InChI=1S/C8H5F2IN2/c9-8(10)7-2-1-5(11)6(13-7)3-4-12/h1-2,8H,3H2. The predicted octanol–water partition coefficient (Wildman–Crippen LogP) is 2.69. The predicted molar refractivity (Wildman–Crippen MR) is 51.2 cm³/mol. The van der Waals surface area contributed by atoms with E-state index in [1.165, 1.54) is 6.07 Å². The Bertz CT molecular complexity index is 346. The molecule has 0 aromatic carbocycles. The van der Waals surface area contributed by atoms with E-state index < -0.39 is 6.43 Å². The van der Waals surface area contributed by atoms with Crippen LogP contribution in [0.25, 0.3) is 0 Å². The minimum atomic E-state index is -2.57. The molecule has 1 rings (SSSR count). The molecular formula is C8H5F2IN2. The van der Waals surface area contributed by atoms with Crippen LogP contribution >= 0.6 is 22.6 Å². The van der Waals surface area contributed by atoms with Crippen molar-refractivity contribution in [3.05, 3.63) is 27.1 Å². The lowest BCUT2D eigenvalue weighted by molar-refractivity contribution is 0.146. The van der Waals surface area contributed by atoms with Crippen LogP contribution in [0, 0.1) is 14.9 Å². The van der Waals surface area contributed by atoms with Crippen molar-refractivity contribution in [2.75, 3.05) is 0 Å². The van der Waals surface area contributed by atoms with Gasteiger partial charge < -0.3 is 0 Å². The van der Waals surface area contributed by atoms with E-state index in [-0.39, 0.29) is 12.1 Å². The van der Waals surface area contributed by atoms with Crippen molar-refractivity contribution in [2.24, 2.45) is 0 Å². The highest BCUT2D eigenvalue weighted by atomic mass is 127. The van der Waals surface area contributed by atoms with Gasteiger partial charge in [0, 0.05) is 3.57 Å². The van der Waals surface area contributed by atoms with Crippen molar-refractivity contribution in [3.8, 4) is 6.07 Å². The first kappa shape index (κ1) is 10.3. The lowest BCUT2D eigenvalue weighted by Gasteiger charge is -2.02. The molecule has 1 aromatic rings. The number of rotatable bonds is 2. The van der Waals surface area contributed by atoms with Crippen LogP contribution in [-0.4, -0.2) is 4.98 Å². The van der Waals surface area contributed by atoms with E-state index >= 15 is 0 Å². The monoisotopic (exact) mass is 294 g/mol. The van der Waals surface area contributed by atoms with Crippen LogP contribution in [0.3, 0.4) is 0 Å². The van der Waals surface area contributed by atoms with Gasteiger partial charge in [-0.25, -0.2) is 13.8 Å². The van der Waals surface area contributed by atoms with Crippen LogP contribution in [0.5, 0.6) is 0 Å². The molecule has 2 nitrogen and oxygen atoms in total. The summed E-state index contributed by atoms with van der Waals surface area (Å²) >= 11 is 1.97. The first-order valence-electron chi connectivity index (χ1n) is 3.45. The molecule has 0 spiro atoms. The third kappa shape index (κ3) is 2.59. The molecule has 1 aromatic heterocycles. The van der Waals surface area contributed by atoms with Crippen LogP contribution in [0.1, 0.15) is 17.8 Å². The maximum atomic E-state index is 12.2. The Morgan fingerprint density at radius 2 is 2.23 bits per heavy atom. The van der Waals surface area contributed by atoms with E-state index in [2.05, 4.69) is 4.98 Å². The molecule has 0 saturated heterocycles. The first-order chi connectivity index (χ1) is 6.15. The van der Waals surface area contributed by atoms with E-state index in [0.29, 0.717) is 5.69 Å². The van der Waals surface area contributed by atoms with Gasteiger partial charge in [-0.05, 0) is 34.7 Å². The zero-order chi connectivity index (χ0) is 9.84. The summed E-state index contributed by atoms with van der Waals surface area (Å²) in [7, 11) is 0. The molecule has 0 radical (unpaired) electrons. The second-order valence-corrected chi connectivity index (χ2v) is 3.46. The highest BCUT2D eigenvalue weighted by Crippen LogP contribution is 2.19. The van der Waals surface area contributed by atoms with Gasteiger partial charge in [0.25, 0.3) is 6.43 Å². The molecule has 0 bridgehead atoms. The Hall–Kier alpha value is -0.770. The van der Waals surface area contributed by atoms with Gasteiger partial charge >= 0.3 is 0 Å². The largest absolute Gasteiger partial charge is 0.280 e. The zero-order valence-corrected chi connectivity index (χ0v) is 8.62. The first-order valence-corrected chi connectivity index (χ1v) is 4.53. The topological polar surface area (TPSA) is 36.7 Å². The molecule has 0 unspecified atom stereocenters. The Balaban J connectivity index is 3.05. The second-order valence-electron chi connectivity index (χ2n) is 2.30. The van der Waals surface area contributed by atoms with Gasteiger partial charge in [0.15, 0.2) is 0 Å². The molecule has 5 heteroatoms. The van der Waals surface area contributed by atoms with Gasteiger partial charge in [-0.15, -0.1) is 0 Å². The number of pyridine rings is 1. The average Bonchev–Trinajstić information content (AvgIpc) is 2.08. The molecule has 0 N–H and O–H groups in total. The molecule has 0 amide bonds. The number of alkyl halides is 2. The van der Waals surface area contributed by atoms with Crippen molar-refractivity contribution in [2.45, 2.75) is 12.8 Å². The number of halogens is 3. The Morgan fingerprint density at radius 3 is 2.77 bits per heavy atom. The summed E-state index contributed by atoms with van der Waals surface area (Å²) in [5, 5.41) is 8.39. The van der Waals surface area contributed by atoms with Crippen molar-refractivity contribution >= 4 is 22.6 Å². The van der Waals surface area contributed by atoms with E-state index in [1.54, 1.807) is 6.07 Å². The van der Waals surface area contributed by atoms with E-state index in [9.17, 15) is 8.78 Å².